The summed E-state index contributed by atoms with van der Waals surface area (Å²) >= 11 is 0. The van der Waals surface area contributed by atoms with Gasteiger partial charge in [-0.1, -0.05) is 25.5 Å². The summed E-state index contributed by atoms with van der Waals surface area (Å²) in [6.07, 6.45) is 11.0. The van der Waals surface area contributed by atoms with Crippen molar-refractivity contribution in [2.45, 2.75) is 90.1 Å². The minimum Gasteiger partial charge on any atom is -0.491 e. The van der Waals surface area contributed by atoms with E-state index in [1.165, 1.54) is 43.5 Å². The first-order valence-electron chi connectivity index (χ1n) is 13.6. The third kappa shape index (κ3) is 6.07. The predicted molar refractivity (Wildman–Crippen MR) is 134 cm³/mol. The highest BCUT2D eigenvalue weighted by atomic mass is 19.2. The van der Waals surface area contributed by atoms with Crippen LogP contribution in [-0.4, -0.2) is 19.3 Å². The first kappa shape index (κ1) is 27.0. The summed E-state index contributed by atoms with van der Waals surface area (Å²) in [6, 6.07) is 5.37. The van der Waals surface area contributed by atoms with Crippen molar-refractivity contribution in [3.63, 3.8) is 0 Å². The van der Waals surface area contributed by atoms with Gasteiger partial charge in [0.2, 0.25) is 5.82 Å². The Balaban J connectivity index is 1.34. The molecule has 0 amide bonds. The van der Waals surface area contributed by atoms with Gasteiger partial charge in [-0.3, -0.25) is 0 Å². The molecule has 198 valence electrons. The van der Waals surface area contributed by atoms with Crippen molar-refractivity contribution in [1.82, 2.24) is 0 Å². The Morgan fingerprint density at radius 1 is 0.722 bits per heavy atom. The molecule has 1 saturated carbocycles. The fraction of sp³-hybridized carbons (Fsp3) is 0.600. The molecule has 6 heteroatoms. The smallest absolute Gasteiger partial charge is 0.201 e. The monoisotopic (exact) mass is 506 g/mol. The first-order chi connectivity index (χ1) is 17.4. The Morgan fingerprint density at radius 3 is 2.03 bits per heavy atom. The molecule has 1 aliphatic carbocycles. The molecule has 2 aliphatic rings. The summed E-state index contributed by atoms with van der Waals surface area (Å²) in [4.78, 5) is 0. The Hall–Kier alpha value is -2.08. The van der Waals surface area contributed by atoms with Gasteiger partial charge < -0.3 is 9.47 Å². The van der Waals surface area contributed by atoms with E-state index in [0.29, 0.717) is 23.5 Å². The zero-order valence-corrected chi connectivity index (χ0v) is 21.4. The average Bonchev–Trinajstić information content (AvgIpc) is 2.89. The van der Waals surface area contributed by atoms with E-state index >= 15 is 8.78 Å². The van der Waals surface area contributed by atoms with Crippen LogP contribution >= 0.6 is 0 Å². The van der Waals surface area contributed by atoms with Crippen LogP contribution in [-0.2, 0) is 4.74 Å². The topological polar surface area (TPSA) is 18.5 Å². The highest BCUT2D eigenvalue weighted by molar-refractivity contribution is 5.66. The third-order valence-electron chi connectivity index (χ3n) is 8.09. The molecule has 2 aromatic carbocycles. The van der Waals surface area contributed by atoms with Gasteiger partial charge in [0.05, 0.1) is 12.7 Å². The summed E-state index contributed by atoms with van der Waals surface area (Å²) in [6.45, 7) is 4.93. The van der Waals surface area contributed by atoms with Gasteiger partial charge >= 0.3 is 0 Å². The minimum absolute atomic E-state index is 0.0626. The van der Waals surface area contributed by atoms with Crippen LogP contribution in [0.2, 0.25) is 0 Å². The highest BCUT2D eigenvalue weighted by Gasteiger charge is 2.29. The van der Waals surface area contributed by atoms with E-state index in [0.717, 1.165) is 51.6 Å². The molecule has 1 saturated heterocycles. The number of rotatable bonds is 9. The molecular weight excluding hydrogens is 468 g/mol. The molecule has 2 aromatic rings. The largest absolute Gasteiger partial charge is 0.491 e. The summed E-state index contributed by atoms with van der Waals surface area (Å²) in [5.41, 5.74) is -0.259. The van der Waals surface area contributed by atoms with Crippen molar-refractivity contribution < 1.29 is 27.0 Å². The van der Waals surface area contributed by atoms with Crippen LogP contribution in [0.4, 0.5) is 17.6 Å². The Bertz CT molecular complexity index is 1010. The van der Waals surface area contributed by atoms with E-state index in [4.69, 9.17) is 9.47 Å². The Labute approximate surface area is 212 Å². The highest BCUT2D eigenvalue weighted by Crippen LogP contribution is 2.41. The summed E-state index contributed by atoms with van der Waals surface area (Å²) in [7, 11) is 0. The maximum atomic E-state index is 15.1. The maximum Gasteiger partial charge on any atom is 0.201 e. The molecule has 2 fully saturated rings. The van der Waals surface area contributed by atoms with Crippen LogP contribution in [0.25, 0.3) is 11.1 Å². The number of hydrogen-bond donors (Lipinski definition) is 0. The van der Waals surface area contributed by atoms with Crippen molar-refractivity contribution in [2.75, 3.05) is 13.2 Å². The molecule has 0 N–H and O–H groups in total. The number of halogens is 4. The van der Waals surface area contributed by atoms with Gasteiger partial charge in [-0.2, -0.15) is 4.39 Å². The van der Waals surface area contributed by atoms with Crippen LogP contribution in [0.1, 0.15) is 89.5 Å². The van der Waals surface area contributed by atoms with Crippen LogP contribution in [0, 0.1) is 35.1 Å². The van der Waals surface area contributed by atoms with Crippen molar-refractivity contribution in [3.05, 3.63) is 53.1 Å². The lowest BCUT2D eigenvalue weighted by atomic mass is 9.76. The van der Waals surface area contributed by atoms with Crippen LogP contribution in [0.15, 0.2) is 24.3 Å². The molecule has 4 rings (SSSR count). The first-order valence-corrected chi connectivity index (χ1v) is 13.6. The predicted octanol–water partition coefficient (Wildman–Crippen LogP) is 8.96. The second-order valence-corrected chi connectivity index (χ2v) is 10.5. The van der Waals surface area contributed by atoms with Crippen molar-refractivity contribution in [1.29, 1.82) is 0 Å². The van der Waals surface area contributed by atoms with E-state index < -0.39 is 23.3 Å². The molecule has 2 nitrogen and oxygen atoms in total. The fourth-order valence-electron chi connectivity index (χ4n) is 6.00. The lowest BCUT2D eigenvalue weighted by Crippen LogP contribution is -2.26. The average molecular weight is 507 g/mol. The molecule has 1 aliphatic heterocycles. The lowest BCUT2D eigenvalue weighted by Gasteiger charge is -2.32. The molecule has 2 atom stereocenters. The van der Waals surface area contributed by atoms with E-state index in [2.05, 4.69) is 6.92 Å². The van der Waals surface area contributed by atoms with E-state index in [-0.39, 0.29) is 29.4 Å². The van der Waals surface area contributed by atoms with Gasteiger partial charge in [0.1, 0.15) is 0 Å². The van der Waals surface area contributed by atoms with Gasteiger partial charge in [0.15, 0.2) is 23.2 Å². The summed E-state index contributed by atoms with van der Waals surface area (Å²) < 4.78 is 70.1. The molecule has 0 bridgehead atoms. The normalized spacial score (nSPS) is 24.6. The van der Waals surface area contributed by atoms with Gasteiger partial charge in [-0.15, -0.1) is 0 Å². The number of hydrogen-bond acceptors (Lipinski definition) is 2. The Morgan fingerprint density at radius 2 is 1.39 bits per heavy atom. The molecule has 0 aromatic heterocycles. The quantitative estimate of drug-likeness (QED) is 0.316. The minimum atomic E-state index is -1.24. The van der Waals surface area contributed by atoms with Gasteiger partial charge in [-0.25, -0.2) is 13.2 Å². The second-order valence-electron chi connectivity index (χ2n) is 10.5. The zero-order valence-electron chi connectivity index (χ0n) is 21.4. The third-order valence-corrected chi connectivity index (χ3v) is 8.09. The fourth-order valence-corrected chi connectivity index (χ4v) is 6.00. The van der Waals surface area contributed by atoms with Gasteiger partial charge in [-0.05, 0) is 100 Å². The van der Waals surface area contributed by atoms with E-state index in [9.17, 15) is 8.78 Å². The Kier molecular flexibility index (Phi) is 9.32. The van der Waals surface area contributed by atoms with E-state index in [1.54, 1.807) is 6.92 Å². The van der Waals surface area contributed by atoms with Crippen molar-refractivity contribution >= 4 is 0 Å². The molecule has 0 spiro atoms. The zero-order chi connectivity index (χ0) is 25.7. The summed E-state index contributed by atoms with van der Waals surface area (Å²) in [5.74, 6) is -3.53. The van der Waals surface area contributed by atoms with E-state index in [1.807, 2.05) is 0 Å². The van der Waals surface area contributed by atoms with Crippen molar-refractivity contribution in [2.24, 2.45) is 11.8 Å². The maximum absolute atomic E-state index is 15.1. The second kappa shape index (κ2) is 12.4. The van der Waals surface area contributed by atoms with Crippen molar-refractivity contribution in [3.8, 4) is 16.9 Å². The SMILES string of the molecule is CCCC1CCC(CCC2CCC(c3ccc(-c4ccc(OCC)c(F)c4F)c(F)c3F)CC2)OC1. The lowest BCUT2D eigenvalue weighted by molar-refractivity contribution is -0.0252. The molecule has 36 heavy (non-hydrogen) atoms. The molecule has 1 heterocycles. The molecular formula is C30H38F4O2. The van der Waals surface area contributed by atoms with Gasteiger partial charge in [0, 0.05) is 17.7 Å². The summed E-state index contributed by atoms with van der Waals surface area (Å²) in [5, 5.41) is 0. The standard InChI is InChI=1S/C30H38F4O2/c1-3-5-20-9-13-22(36-18-20)12-8-19-6-10-21(11-7-19)23-14-15-24(28(32)27(23)31)25-16-17-26(35-4-2)30(34)29(25)33/h14-17,19-22H,3-13,18H2,1-2H3. The number of ether oxygens (including phenoxy) is 2. The molecule has 2 unspecified atom stereocenters. The van der Waals surface area contributed by atoms with Gasteiger partial charge in [0.25, 0.3) is 0 Å². The van der Waals surface area contributed by atoms with Crippen LogP contribution < -0.4 is 4.74 Å². The van der Waals surface area contributed by atoms with Crippen LogP contribution in [0.3, 0.4) is 0 Å². The van der Waals surface area contributed by atoms with Crippen LogP contribution in [0.5, 0.6) is 5.75 Å². The number of benzene rings is 2. The molecule has 0 radical (unpaired) electrons.